The van der Waals surface area contributed by atoms with Gasteiger partial charge in [-0.2, -0.15) is 0 Å². The summed E-state index contributed by atoms with van der Waals surface area (Å²) in [5, 5.41) is 3.12. The summed E-state index contributed by atoms with van der Waals surface area (Å²) in [6, 6.07) is 8.34. The highest BCUT2D eigenvalue weighted by atomic mass is 79.9. The van der Waals surface area contributed by atoms with Crippen LogP contribution in [0.25, 0.3) is 0 Å². The van der Waals surface area contributed by atoms with Crippen LogP contribution in [-0.4, -0.2) is 19.0 Å². The lowest BCUT2D eigenvalue weighted by atomic mass is 9.96. The number of carbonyl (C=O) groups is 1. The average Bonchev–Trinajstić information content (AvgIpc) is 3.26. The number of carbonyl (C=O) groups excluding carboxylic acids is 1. The zero-order valence-corrected chi connectivity index (χ0v) is 14.1. The van der Waals surface area contributed by atoms with Crippen molar-refractivity contribution in [1.82, 2.24) is 5.32 Å². The van der Waals surface area contributed by atoms with E-state index < -0.39 is 0 Å². The molecule has 0 radical (unpaired) electrons. The number of nitrogens with two attached hydrogens (primary N) is 1. The van der Waals surface area contributed by atoms with Crippen molar-refractivity contribution < 1.29 is 4.79 Å². The smallest absolute Gasteiger partial charge is 0.220 e. The fourth-order valence-corrected chi connectivity index (χ4v) is 3.43. The molecule has 0 saturated heterocycles. The molecular formula is C17H25BrN2O. The maximum Gasteiger partial charge on any atom is 0.220 e. The maximum atomic E-state index is 11.9. The van der Waals surface area contributed by atoms with Gasteiger partial charge in [0.05, 0.1) is 0 Å². The Labute approximate surface area is 135 Å². The third kappa shape index (κ3) is 4.82. The van der Waals surface area contributed by atoms with Gasteiger partial charge in [0.15, 0.2) is 0 Å². The molecule has 0 unspecified atom stereocenters. The fraction of sp³-hybridized carbons (Fsp3) is 0.588. The van der Waals surface area contributed by atoms with E-state index in [1.54, 1.807) is 0 Å². The molecule has 3 nitrogen and oxygen atoms in total. The third-order valence-electron chi connectivity index (χ3n) is 4.28. The van der Waals surface area contributed by atoms with E-state index in [0.717, 1.165) is 56.1 Å². The second-order valence-electron chi connectivity index (χ2n) is 5.99. The summed E-state index contributed by atoms with van der Waals surface area (Å²) in [5.41, 5.74) is 6.95. The zero-order chi connectivity index (χ0) is 15.1. The maximum absolute atomic E-state index is 11.9. The van der Waals surface area contributed by atoms with Gasteiger partial charge in [0.1, 0.15) is 0 Å². The van der Waals surface area contributed by atoms with Crippen LogP contribution in [0.5, 0.6) is 0 Å². The second kappa shape index (κ2) is 7.95. The number of amides is 1. The summed E-state index contributed by atoms with van der Waals surface area (Å²) in [4.78, 5) is 11.9. The molecule has 0 atom stereocenters. The lowest BCUT2D eigenvalue weighted by Gasteiger charge is -2.18. The highest BCUT2D eigenvalue weighted by molar-refractivity contribution is 9.10. The van der Waals surface area contributed by atoms with Crippen molar-refractivity contribution in [3.8, 4) is 0 Å². The van der Waals surface area contributed by atoms with Crippen LogP contribution in [0.1, 0.15) is 50.5 Å². The van der Waals surface area contributed by atoms with Crippen LogP contribution in [0.3, 0.4) is 0 Å². The first-order chi connectivity index (χ1) is 10.2. The summed E-state index contributed by atoms with van der Waals surface area (Å²) in [5.74, 6) is 0.182. The van der Waals surface area contributed by atoms with E-state index in [2.05, 4.69) is 39.4 Å². The second-order valence-corrected chi connectivity index (χ2v) is 6.84. The minimum Gasteiger partial charge on any atom is -0.355 e. The van der Waals surface area contributed by atoms with Crippen LogP contribution >= 0.6 is 15.9 Å². The van der Waals surface area contributed by atoms with E-state index in [1.807, 2.05) is 6.07 Å². The molecule has 1 aromatic carbocycles. The van der Waals surface area contributed by atoms with Crippen molar-refractivity contribution in [2.45, 2.75) is 50.4 Å². The van der Waals surface area contributed by atoms with Gasteiger partial charge in [-0.1, -0.05) is 47.0 Å². The Morgan fingerprint density at radius 2 is 1.90 bits per heavy atom. The van der Waals surface area contributed by atoms with E-state index >= 15 is 0 Å². The Kier molecular flexibility index (Phi) is 6.24. The molecule has 1 aliphatic carbocycles. The van der Waals surface area contributed by atoms with Gasteiger partial charge < -0.3 is 11.1 Å². The molecule has 0 aliphatic heterocycles. The Morgan fingerprint density at radius 3 is 2.57 bits per heavy atom. The van der Waals surface area contributed by atoms with Gasteiger partial charge in [0.25, 0.3) is 0 Å². The van der Waals surface area contributed by atoms with Gasteiger partial charge in [-0.25, -0.2) is 0 Å². The molecule has 1 amide bonds. The molecule has 0 aromatic heterocycles. The van der Waals surface area contributed by atoms with Crippen LogP contribution in [0, 0.1) is 0 Å². The molecule has 116 valence electrons. The Bertz CT molecular complexity index is 472. The van der Waals surface area contributed by atoms with E-state index in [-0.39, 0.29) is 11.3 Å². The van der Waals surface area contributed by atoms with Crippen LogP contribution in [0.15, 0.2) is 28.7 Å². The van der Waals surface area contributed by atoms with Gasteiger partial charge in [0, 0.05) is 22.9 Å². The van der Waals surface area contributed by atoms with E-state index in [1.165, 1.54) is 5.56 Å². The molecule has 2 rings (SSSR count). The number of rotatable bonds is 9. The molecule has 4 heteroatoms. The topological polar surface area (TPSA) is 55.1 Å². The molecule has 1 fully saturated rings. The van der Waals surface area contributed by atoms with Gasteiger partial charge >= 0.3 is 0 Å². The number of unbranched alkanes of at least 4 members (excludes halogenated alkanes) is 3. The predicted molar refractivity (Wildman–Crippen MR) is 90.2 cm³/mol. The molecule has 21 heavy (non-hydrogen) atoms. The van der Waals surface area contributed by atoms with Gasteiger partial charge in [-0.15, -0.1) is 0 Å². The minimum absolute atomic E-state index is 0.162. The number of benzene rings is 1. The monoisotopic (exact) mass is 352 g/mol. The standard InChI is InChI=1S/C17H25BrN2O/c18-15-8-5-4-7-14(15)17(10-11-17)13-20-16(21)9-3-1-2-6-12-19/h4-5,7-8H,1-3,6,9-13,19H2,(H,20,21). The van der Waals surface area contributed by atoms with Crippen molar-refractivity contribution in [3.05, 3.63) is 34.3 Å². The molecule has 1 aliphatic rings. The Hall–Kier alpha value is -0.870. The third-order valence-corrected chi connectivity index (χ3v) is 4.97. The first-order valence-electron chi connectivity index (χ1n) is 7.90. The molecule has 0 bridgehead atoms. The van der Waals surface area contributed by atoms with Crippen molar-refractivity contribution in [3.63, 3.8) is 0 Å². The molecular weight excluding hydrogens is 328 g/mol. The van der Waals surface area contributed by atoms with Crippen molar-refractivity contribution in [1.29, 1.82) is 0 Å². The van der Waals surface area contributed by atoms with E-state index in [0.29, 0.717) is 6.42 Å². The number of hydrogen-bond donors (Lipinski definition) is 2. The zero-order valence-electron chi connectivity index (χ0n) is 12.5. The van der Waals surface area contributed by atoms with Crippen LogP contribution in [0.2, 0.25) is 0 Å². The van der Waals surface area contributed by atoms with E-state index in [9.17, 15) is 4.79 Å². The van der Waals surface area contributed by atoms with Crippen LogP contribution in [-0.2, 0) is 10.2 Å². The number of halogens is 1. The summed E-state index contributed by atoms with van der Waals surface area (Å²) in [6.07, 6.45) is 7.21. The Balaban J connectivity index is 1.73. The molecule has 3 N–H and O–H groups in total. The van der Waals surface area contributed by atoms with Crippen LogP contribution < -0.4 is 11.1 Å². The van der Waals surface area contributed by atoms with Crippen molar-refractivity contribution >= 4 is 21.8 Å². The molecule has 0 heterocycles. The van der Waals surface area contributed by atoms with Gasteiger partial charge in [-0.05, 0) is 43.9 Å². The number of hydrogen-bond acceptors (Lipinski definition) is 2. The first-order valence-corrected chi connectivity index (χ1v) is 8.69. The van der Waals surface area contributed by atoms with Gasteiger partial charge in [0.2, 0.25) is 5.91 Å². The lowest BCUT2D eigenvalue weighted by Crippen LogP contribution is -2.32. The average molecular weight is 353 g/mol. The summed E-state index contributed by atoms with van der Waals surface area (Å²) in [6.45, 7) is 1.51. The minimum atomic E-state index is 0.162. The van der Waals surface area contributed by atoms with Crippen LogP contribution in [0.4, 0.5) is 0 Å². The molecule has 1 saturated carbocycles. The Morgan fingerprint density at radius 1 is 1.19 bits per heavy atom. The largest absolute Gasteiger partial charge is 0.355 e. The summed E-state index contributed by atoms with van der Waals surface area (Å²) >= 11 is 3.62. The fourth-order valence-electron chi connectivity index (χ4n) is 2.72. The lowest BCUT2D eigenvalue weighted by molar-refractivity contribution is -0.121. The number of nitrogens with one attached hydrogen (secondary N) is 1. The van der Waals surface area contributed by atoms with E-state index in [4.69, 9.17) is 5.73 Å². The highest BCUT2D eigenvalue weighted by Gasteiger charge is 2.45. The molecule has 1 aromatic rings. The SMILES string of the molecule is NCCCCCCC(=O)NCC1(c2ccccc2Br)CC1. The van der Waals surface area contributed by atoms with Gasteiger partial charge in [-0.3, -0.25) is 4.79 Å². The first kappa shape index (κ1) is 16.5. The normalized spacial score (nSPS) is 15.7. The predicted octanol–water partition coefficient (Wildman–Crippen LogP) is 3.51. The quantitative estimate of drug-likeness (QED) is 0.668. The van der Waals surface area contributed by atoms with Crippen molar-refractivity contribution in [2.75, 3.05) is 13.1 Å². The summed E-state index contributed by atoms with van der Waals surface area (Å²) in [7, 11) is 0. The highest BCUT2D eigenvalue weighted by Crippen LogP contribution is 2.49. The summed E-state index contributed by atoms with van der Waals surface area (Å²) < 4.78 is 1.15. The van der Waals surface area contributed by atoms with Crippen molar-refractivity contribution in [2.24, 2.45) is 5.73 Å². The molecule has 0 spiro atoms.